The quantitative estimate of drug-likeness (QED) is 0.200. The minimum absolute atomic E-state index is 0.972. The number of hydrogen-bond acceptors (Lipinski definition) is 0. The summed E-state index contributed by atoms with van der Waals surface area (Å²) < 4.78 is 0. The molecule has 0 heterocycles. The molecule has 0 bridgehead atoms. The van der Waals surface area contributed by atoms with Gasteiger partial charge in [0.25, 0.3) is 0 Å². The molecule has 0 heteroatoms. The topological polar surface area (TPSA) is 0 Å². The van der Waals surface area contributed by atoms with Crippen LogP contribution in [0.5, 0.6) is 0 Å². The molecule has 0 fully saturated rings. The Hall–Kier alpha value is -5.20. The second-order valence-corrected chi connectivity index (χ2v) is 11.4. The third-order valence-corrected chi connectivity index (χ3v) is 9.04. The van der Waals surface area contributed by atoms with Gasteiger partial charge in [-0.05, 0) is 106 Å². The third kappa shape index (κ3) is 3.54. The molecule has 0 radical (unpaired) electrons. The van der Waals surface area contributed by atoms with Crippen molar-refractivity contribution in [2.24, 2.45) is 0 Å². The molecule has 0 atom stereocenters. The summed E-state index contributed by atoms with van der Waals surface area (Å²) in [6.45, 7) is 0. The lowest BCUT2D eigenvalue weighted by Crippen LogP contribution is -1.85. The van der Waals surface area contributed by atoms with Crippen molar-refractivity contribution in [1.82, 2.24) is 0 Å². The van der Waals surface area contributed by atoms with E-state index in [-0.39, 0.29) is 0 Å². The minimum atomic E-state index is 0.972. The lowest BCUT2D eigenvalue weighted by Gasteiger charge is -2.10. The maximum absolute atomic E-state index is 2.41. The van der Waals surface area contributed by atoms with E-state index in [4.69, 9.17) is 0 Å². The van der Waals surface area contributed by atoms with Crippen molar-refractivity contribution in [1.29, 1.82) is 0 Å². The molecule has 190 valence electrons. The lowest BCUT2D eigenvalue weighted by molar-refractivity contribution is 1.26. The monoisotopic (exact) mass is 518 g/mol. The Morgan fingerprint density at radius 1 is 0.293 bits per heavy atom. The summed E-state index contributed by atoms with van der Waals surface area (Å²) >= 11 is 0. The molecule has 0 N–H and O–H groups in total. The molecule has 1 aliphatic carbocycles. The number of fused-ring (bicyclic) bond motifs is 9. The van der Waals surface area contributed by atoms with Crippen molar-refractivity contribution in [3.8, 4) is 33.4 Å². The lowest BCUT2D eigenvalue weighted by atomic mass is 9.94. The van der Waals surface area contributed by atoms with Crippen molar-refractivity contribution in [3.05, 3.63) is 157 Å². The SMILES string of the molecule is c1ccc2c(c1)ccc1ccc(-c3ccc4c(c3)Cc3cc(-c5ccc6ccc7ccccc7c6c5)ccc3-4)cc12. The average molecular weight is 519 g/mol. The van der Waals surface area contributed by atoms with Gasteiger partial charge in [-0.15, -0.1) is 0 Å². The van der Waals surface area contributed by atoms with Crippen LogP contribution in [0.15, 0.2) is 146 Å². The molecule has 0 nitrogen and oxygen atoms in total. The Morgan fingerprint density at radius 3 is 1.15 bits per heavy atom. The van der Waals surface area contributed by atoms with E-state index in [0.717, 1.165) is 6.42 Å². The molecule has 9 rings (SSSR count). The fraction of sp³-hybridized carbons (Fsp3) is 0.0244. The van der Waals surface area contributed by atoms with Crippen LogP contribution in [0.3, 0.4) is 0 Å². The number of hydrogen-bond donors (Lipinski definition) is 0. The van der Waals surface area contributed by atoms with Gasteiger partial charge in [0.15, 0.2) is 0 Å². The van der Waals surface area contributed by atoms with Gasteiger partial charge in [-0.2, -0.15) is 0 Å². The first-order valence-corrected chi connectivity index (χ1v) is 14.4. The summed E-state index contributed by atoms with van der Waals surface area (Å²) in [5, 5.41) is 10.4. The van der Waals surface area contributed by atoms with Gasteiger partial charge >= 0.3 is 0 Å². The standard InChI is InChI=1S/C41H26/c1-3-7-36-26(5-1)9-11-28-13-15-32(24-40(28)36)30-17-19-38-34(21-30)23-35-22-31(18-20-39(35)38)33-16-14-29-12-10-27-6-2-4-8-37(27)41(29)25-33/h1-22,24-25H,23H2. The van der Waals surface area contributed by atoms with Crippen molar-refractivity contribution >= 4 is 43.1 Å². The van der Waals surface area contributed by atoms with E-state index in [1.54, 1.807) is 0 Å². The molecule has 8 aromatic rings. The highest BCUT2D eigenvalue weighted by Gasteiger charge is 2.20. The fourth-order valence-electron chi connectivity index (χ4n) is 6.93. The van der Waals surface area contributed by atoms with Gasteiger partial charge in [0.05, 0.1) is 0 Å². The average Bonchev–Trinajstić information content (AvgIpc) is 3.41. The summed E-state index contributed by atoms with van der Waals surface area (Å²) in [6, 6.07) is 54.1. The summed E-state index contributed by atoms with van der Waals surface area (Å²) in [4.78, 5) is 0. The first-order valence-electron chi connectivity index (χ1n) is 14.4. The van der Waals surface area contributed by atoms with Gasteiger partial charge in [-0.1, -0.05) is 133 Å². The Kier molecular flexibility index (Phi) is 4.77. The molecule has 0 saturated carbocycles. The molecular formula is C41H26. The van der Waals surface area contributed by atoms with E-state index in [1.165, 1.54) is 87.6 Å². The van der Waals surface area contributed by atoms with Gasteiger partial charge in [0, 0.05) is 0 Å². The van der Waals surface area contributed by atoms with Gasteiger partial charge in [-0.25, -0.2) is 0 Å². The smallest absolute Gasteiger partial charge is 0.00130 e. The van der Waals surface area contributed by atoms with Crippen LogP contribution in [0.25, 0.3) is 76.5 Å². The normalized spacial score (nSPS) is 12.3. The molecule has 0 unspecified atom stereocenters. The highest BCUT2D eigenvalue weighted by atomic mass is 14.2. The zero-order chi connectivity index (χ0) is 26.9. The maximum Gasteiger partial charge on any atom is -0.00130 e. The van der Waals surface area contributed by atoms with Crippen LogP contribution in [-0.4, -0.2) is 0 Å². The van der Waals surface area contributed by atoms with E-state index >= 15 is 0 Å². The summed E-state index contributed by atoms with van der Waals surface area (Å²) in [6.07, 6.45) is 0.972. The molecule has 1 aliphatic rings. The van der Waals surface area contributed by atoms with Crippen LogP contribution in [-0.2, 0) is 6.42 Å². The van der Waals surface area contributed by atoms with E-state index < -0.39 is 0 Å². The van der Waals surface area contributed by atoms with Crippen LogP contribution in [0.2, 0.25) is 0 Å². The largest absolute Gasteiger partial charge is 0.0616 e. The predicted molar refractivity (Wildman–Crippen MR) is 176 cm³/mol. The van der Waals surface area contributed by atoms with Crippen LogP contribution in [0.1, 0.15) is 11.1 Å². The van der Waals surface area contributed by atoms with E-state index in [1.807, 2.05) is 0 Å². The van der Waals surface area contributed by atoms with E-state index in [2.05, 4.69) is 146 Å². The highest BCUT2D eigenvalue weighted by molar-refractivity contribution is 6.09. The fourth-order valence-corrected chi connectivity index (χ4v) is 6.93. The Morgan fingerprint density at radius 2 is 0.659 bits per heavy atom. The van der Waals surface area contributed by atoms with Gasteiger partial charge in [0.1, 0.15) is 0 Å². The van der Waals surface area contributed by atoms with Crippen molar-refractivity contribution in [2.45, 2.75) is 6.42 Å². The van der Waals surface area contributed by atoms with Gasteiger partial charge in [-0.3, -0.25) is 0 Å². The van der Waals surface area contributed by atoms with Crippen LogP contribution in [0.4, 0.5) is 0 Å². The third-order valence-electron chi connectivity index (χ3n) is 9.04. The molecule has 0 amide bonds. The second-order valence-electron chi connectivity index (χ2n) is 11.4. The minimum Gasteiger partial charge on any atom is -0.0616 e. The predicted octanol–water partition coefficient (Wildman–Crippen LogP) is 11.2. The Bertz CT molecular complexity index is 2170. The van der Waals surface area contributed by atoms with Crippen molar-refractivity contribution in [3.63, 3.8) is 0 Å². The van der Waals surface area contributed by atoms with Gasteiger partial charge < -0.3 is 0 Å². The molecule has 0 saturated heterocycles. The Balaban J connectivity index is 1.09. The zero-order valence-electron chi connectivity index (χ0n) is 22.6. The van der Waals surface area contributed by atoms with Gasteiger partial charge in [0.2, 0.25) is 0 Å². The second kappa shape index (κ2) is 8.65. The molecule has 0 spiro atoms. The Labute approximate surface area is 239 Å². The van der Waals surface area contributed by atoms with Crippen LogP contribution < -0.4 is 0 Å². The highest BCUT2D eigenvalue weighted by Crippen LogP contribution is 2.41. The van der Waals surface area contributed by atoms with Crippen LogP contribution >= 0.6 is 0 Å². The number of benzene rings is 8. The zero-order valence-corrected chi connectivity index (χ0v) is 22.6. The summed E-state index contributed by atoms with van der Waals surface area (Å²) in [5.74, 6) is 0. The van der Waals surface area contributed by atoms with Crippen LogP contribution in [0, 0.1) is 0 Å². The molecule has 8 aromatic carbocycles. The summed E-state index contributed by atoms with van der Waals surface area (Å²) in [5.41, 5.74) is 10.7. The molecule has 41 heavy (non-hydrogen) atoms. The number of rotatable bonds is 2. The van der Waals surface area contributed by atoms with E-state index in [9.17, 15) is 0 Å². The molecule has 0 aliphatic heterocycles. The molecule has 0 aromatic heterocycles. The maximum atomic E-state index is 2.41. The van der Waals surface area contributed by atoms with Crippen molar-refractivity contribution in [2.75, 3.05) is 0 Å². The van der Waals surface area contributed by atoms with E-state index in [0.29, 0.717) is 0 Å². The summed E-state index contributed by atoms with van der Waals surface area (Å²) in [7, 11) is 0. The first kappa shape index (κ1) is 22.6. The molecular weight excluding hydrogens is 492 g/mol. The van der Waals surface area contributed by atoms with Crippen molar-refractivity contribution < 1.29 is 0 Å². The first-order chi connectivity index (χ1) is 20.3.